The highest BCUT2D eigenvalue weighted by atomic mass is 32.2. The summed E-state index contributed by atoms with van der Waals surface area (Å²) in [7, 11) is -4.23. The maximum absolute atomic E-state index is 13.4. The van der Waals surface area contributed by atoms with Crippen molar-refractivity contribution in [1.29, 1.82) is 0 Å². The number of anilines is 1. The summed E-state index contributed by atoms with van der Waals surface area (Å²) in [5.74, 6) is -3.31. The monoisotopic (exact) mass is 487 g/mol. The number of esters is 1. The number of carbonyl (C=O) groups excluding carboxylic acids is 2. The topological polar surface area (TPSA) is 89.5 Å². The van der Waals surface area contributed by atoms with Crippen molar-refractivity contribution in [1.82, 2.24) is 0 Å². The van der Waals surface area contributed by atoms with E-state index in [1.54, 1.807) is 12.1 Å². The van der Waals surface area contributed by atoms with E-state index in [1.165, 1.54) is 24.3 Å². The summed E-state index contributed by atoms with van der Waals surface area (Å²) < 4.78 is 58.7. The predicted octanol–water partition coefficient (Wildman–Crippen LogP) is 5.32. The first-order chi connectivity index (χ1) is 16.1. The maximum Gasteiger partial charge on any atom is 0.338 e. The van der Waals surface area contributed by atoms with Gasteiger partial charge in [-0.15, -0.1) is 0 Å². The third-order valence-electron chi connectivity index (χ3n) is 5.30. The fourth-order valence-corrected chi connectivity index (χ4v) is 4.16. The molecule has 0 aliphatic rings. The number of carbonyl (C=O) groups is 2. The maximum atomic E-state index is 13.4. The highest BCUT2D eigenvalue weighted by molar-refractivity contribution is 7.92. The molecule has 1 N–H and O–H groups in total. The number of Topliss-reactive ketones (excluding diaryl/α,β-unsaturated/α-hetero) is 1. The Bertz CT molecular complexity index is 1310. The molecule has 0 aromatic heterocycles. The van der Waals surface area contributed by atoms with E-state index in [1.807, 2.05) is 12.1 Å². The SMILES string of the molecule is CCC(C)c1ccc(C(=O)COC(=O)c2cccc(NS(=O)(=O)c3ccc(F)c(F)c3)c2)cc1. The molecule has 0 heterocycles. The first-order valence-corrected chi connectivity index (χ1v) is 12.0. The highest BCUT2D eigenvalue weighted by Gasteiger charge is 2.18. The first kappa shape index (κ1) is 25.0. The Kier molecular flexibility index (Phi) is 7.78. The lowest BCUT2D eigenvalue weighted by Gasteiger charge is -2.11. The average molecular weight is 488 g/mol. The molecule has 34 heavy (non-hydrogen) atoms. The number of ether oxygens (including phenoxy) is 1. The lowest BCUT2D eigenvalue weighted by atomic mass is 9.97. The molecule has 1 unspecified atom stereocenters. The lowest BCUT2D eigenvalue weighted by Crippen LogP contribution is -2.16. The van der Waals surface area contributed by atoms with Crippen LogP contribution in [0.5, 0.6) is 0 Å². The highest BCUT2D eigenvalue weighted by Crippen LogP contribution is 2.21. The summed E-state index contributed by atoms with van der Waals surface area (Å²) in [6.07, 6.45) is 0.973. The fraction of sp³-hybridized carbons (Fsp3) is 0.200. The minimum absolute atomic E-state index is 0.00500. The Morgan fingerprint density at radius 1 is 0.941 bits per heavy atom. The molecule has 0 aliphatic heterocycles. The van der Waals surface area contributed by atoms with Crippen LogP contribution in [0.25, 0.3) is 0 Å². The molecule has 0 amide bonds. The van der Waals surface area contributed by atoms with E-state index in [-0.39, 0.29) is 17.0 Å². The Labute approximate surface area is 196 Å². The van der Waals surface area contributed by atoms with Gasteiger partial charge in [0.25, 0.3) is 10.0 Å². The third kappa shape index (κ3) is 6.05. The van der Waals surface area contributed by atoms with E-state index >= 15 is 0 Å². The zero-order valence-electron chi connectivity index (χ0n) is 18.5. The van der Waals surface area contributed by atoms with Crippen molar-refractivity contribution in [3.63, 3.8) is 0 Å². The summed E-state index contributed by atoms with van der Waals surface area (Å²) in [6, 6.07) is 14.7. The molecule has 0 radical (unpaired) electrons. The molecule has 9 heteroatoms. The van der Waals surface area contributed by atoms with Gasteiger partial charge in [0.2, 0.25) is 0 Å². The molecule has 0 saturated carbocycles. The van der Waals surface area contributed by atoms with E-state index in [2.05, 4.69) is 18.6 Å². The minimum Gasteiger partial charge on any atom is -0.454 e. The minimum atomic E-state index is -4.23. The van der Waals surface area contributed by atoms with Crippen molar-refractivity contribution in [3.05, 3.63) is 95.1 Å². The second-order valence-electron chi connectivity index (χ2n) is 7.69. The van der Waals surface area contributed by atoms with Gasteiger partial charge in [-0.1, -0.05) is 44.2 Å². The molecule has 0 fully saturated rings. The number of nitrogens with one attached hydrogen (secondary N) is 1. The van der Waals surface area contributed by atoms with E-state index in [0.717, 1.165) is 18.1 Å². The van der Waals surface area contributed by atoms with Gasteiger partial charge < -0.3 is 4.74 Å². The van der Waals surface area contributed by atoms with Gasteiger partial charge in [-0.3, -0.25) is 9.52 Å². The van der Waals surface area contributed by atoms with Crippen molar-refractivity contribution in [2.45, 2.75) is 31.1 Å². The van der Waals surface area contributed by atoms with Gasteiger partial charge in [-0.2, -0.15) is 0 Å². The van der Waals surface area contributed by atoms with E-state index in [0.29, 0.717) is 23.6 Å². The number of rotatable bonds is 9. The third-order valence-corrected chi connectivity index (χ3v) is 6.68. The van der Waals surface area contributed by atoms with Crippen LogP contribution in [-0.2, 0) is 14.8 Å². The van der Waals surface area contributed by atoms with Gasteiger partial charge >= 0.3 is 5.97 Å². The van der Waals surface area contributed by atoms with Crippen LogP contribution in [0.2, 0.25) is 0 Å². The van der Waals surface area contributed by atoms with Crippen molar-refractivity contribution in [2.75, 3.05) is 11.3 Å². The second kappa shape index (κ2) is 10.6. The Morgan fingerprint density at radius 3 is 2.29 bits per heavy atom. The summed E-state index contributed by atoms with van der Waals surface area (Å²) in [5.41, 5.74) is 1.53. The number of sulfonamides is 1. The summed E-state index contributed by atoms with van der Waals surface area (Å²) in [4.78, 5) is 24.3. The van der Waals surface area contributed by atoms with Gasteiger partial charge in [0.15, 0.2) is 24.0 Å². The summed E-state index contributed by atoms with van der Waals surface area (Å²) in [6.45, 7) is 3.68. The van der Waals surface area contributed by atoms with Crippen LogP contribution in [-0.4, -0.2) is 26.8 Å². The summed E-state index contributed by atoms with van der Waals surface area (Å²) in [5, 5.41) is 0. The lowest BCUT2D eigenvalue weighted by molar-refractivity contribution is 0.0475. The molecule has 3 rings (SSSR count). The van der Waals surface area contributed by atoms with Gasteiger partial charge in [0.05, 0.1) is 10.5 Å². The van der Waals surface area contributed by atoms with Crippen LogP contribution in [0.4, 0.5) is 14.5 Å². The first-order valence-electron chi connectivity index (χ1n) is 10.5. The van der Waals surface area contributed by atoms with Crippen LogP contribution >= 0.6 is 0 Å². The largest absolute Gasteiger partial charge is 0.454 e. The smallest absolute Gasteiger partial charge is 0.338 e. The Hall–Kier alpha value is -3.59. The van der Waals surface area contributed by atoms with Crippen molar-refractivity contribution < 1.29 is 31.5 Å². The molecule has 0 bridgehead atoms. The number of halogens is 2. The van der Waals surface area contributed by atoms with Gasteiger partial charge in [0.1, 0.15) is 0 Å². The van der Waals surface area contributed by atoms with E-state index in [9.17, 15) is 26.8 Å². The molecular weight excluding hydrogens is 464 g/mol. The zero-order valence-corrected chi connectivity index (χ0v) is 19.4. The van der Waals surface area contributed by atoms with Crippen molar-refractivity contribution in [2.24, 2.45) is 0 Å². The van der Waals surface area contributed by atoms with Gasteiger partial charge in [-0.05, 0) is 54.3 Å². The molecule has 0 aliphatic carbocycles. The fourth-order valence-electron chi connectivity index (χ4n) is 3.10. The molecule has 0 saturated heterocycles. The summed E-state index contributed by atoms with van der Waals surface area (Å²) >= 11 is 0. The van der Waals surface area contributed by atoms with Crippen LogP contribution in [0.15, 0.2) is 71.6 Å². The molecular formula is C25H23F2NO5S. The molecule has 178 valence electrons. The molecule has 3 aromatic rings. The zero-order chi connectivity index (χ0) is 24.9. The number of benzene rings is 3. The Balaban J connectivity index is 1.65. The standard InChI is InChI=1S/C25H23F2NO5S/c1-3-16(2)17-7-9-18(10-8-17)24(29)15-33-25(30)19-5-4-6-20(13-19)28-34(31,32)21-11-12-22(26)23(27)14-21/h4-14,16,28H,3,15H2,1-2H3. The molecule has 3 aromatic carbocycles. The van der Waals surface area contributed by atoms with E-state index < -0.39 is 39.1 Å². The number of hydrogen-bond donors (Lipinski definition) is 1. The van der Waals surface area contributed by atoms with E-state index in [4.69, 9.17) is 4.74 Å². The van der Waals surface area contributed by atoms with Crippen LogP contribution in [0, 0.1) is 11.6 Å². The normalized spacial score (nSPS) is 12.1. The average Bonchev–Trinajstić information content (AvgIpc) is 2.83. The molecule has 6 nitrogen and oxygen atoms in total. The van der Waals surface area contributed by atoms with Crippen LogP contribution < -0.4 is 4.72 Å². The van der Waals surface area contributed by atoms with Crippen LogP contribution in [0.3, 0.4) is 0 Å². The number of ketones is 1. The Morgan fingerprint density at radius 2 is 1.65 bits per heavy atom. The molecule has 0 spiro atoms. The quantitative estimate of drug-likeness (QED) is 0.326. The second-order valence-corrected chi connectivity index (χ2v) is 9.38. The molecule has 1 atom stereocenters. The number of hydrogen-bond acceptors (Lipinski definition) is 5. The van der Waals surface area contributed by atoms with Crippen molar-refractivity contribution in [3.8, 4) is 0 Å². The van der Waals surface area contributed by atoms with Crippen LogP contribution in [0.1, 0.15) is 52.5 Å². The van der Waals surface area contributed by atoms with Gasteiger partial charge in [-0.25, -0.2) is 22.0 Å². The van der Waals surface area contributed by atoms with Gasteiger partial charge in [0, 0.05) is 11.3 Å². The van der Waals surface area contributed by atoms with Crippen molar-refractivity contribution >= 4 is 27.5 Å². The predicted molar refractivity (Wildman–Crippen MR) is 123 cm³/mol.